The molecule has 0 radical (unpaired) electrons. The minimum atomic E-state index is 0.764. The van der Waals surface area contributed by atoms with E-state index < -0.39 is 0 Å². The van der Waals surface area contributed by atoms with Crippen LogP contribution in [0.5, 0.6) is 11.5 Å². The number of quaternary nitrogens is 1. The van der Waals surface area contributed by atoms with Crippen LogP contribution in [0, 0.1) is 5.92 Å². The Labute approximate surface area is 116 Å². The highest BCUT2D eigenvalue weighted by atomic mass is 16.5. The first kappa shape index (κ1) is 14.2. The van der Waals surface area contributed by atoms with Gasteiger partial charge in [0.15, 0.2) is 0 Å². The summed E-state index contributed by atoms with van der Waals surface area (Å²) in [5, 5.41) is 2.48. The van der Waals surface area contributed by atoms with Crippen molar-refractivity contribution in [3.63, 3.8) is 0 Å². The lowest BCUT2D eigenvalue weighted by molar-refractivity contribution is -0.712. The molecular weight excluding hydrogens is 238 g/mol. The fraction of sp³-hybridized carbons (Fsp3) is 0.625. The van der Waals surface area contributed by atoms with Gasteiger partial charge < -0.3 is 14.8 Å². The molecule has 19 heavy (non-hydrogen) atoms. The van der Waals surface area contributed by atoms with Crippen molar-refractivity contribution in [2.45, 2.75) is 45.2 Å². The van der Waals surface area contributed by atoms with Crippen molar-refractivity contribution in [1.82, 2.24) is 0 Å². The SMILES string of the molecule is COc1ccc(C[NH2+][C@@H]2CCCC[C@@H]2C)c(OC)c1. The Morgan fingerprint density at radius 2 is 1.95 bits per heavy atom. The molecule has 0 bridgehead atoms. The minimum absolute atomic E-state index is 0.764. The van der Waals surface area contributed by atoms with Crippen LogP contribution in [-0.4, -0.2) is 20.3 Å². The van der Waals surface area contributed by atoms with Crippen molar-refractivity contribution in [2.75, 3.05) is 14.2 Å². The van der Waals surface area contributed by atoms with Crippen LogP contribution >= 0.6 is 0 Å². The maximum atomic E-state index is 5.45. The Balaban J connectivity index is 1.98. The highest BCUT2D eigenvalue weighted by Gasteiger charge is 2.24. The van der Waals surface area contributed by atoms with E-state index in [1.165, 1.54) is 31.2 Å². The fourth-order valence-electron chi connectivity index (χ4n) is 2.99. The van der Waals surface area contributed by atoms with Gasteiger partial charge in [0, 0.05) is 17.5 Å². The summed E-state index contributed by atoms with van der Waals surface area (Å²) < 4.78 is 10.7. The van der Waals surface area contributed by atoms with Gasteiger partial charge in [0.05, 0.1) is 20.3 Å². The van der Waals surface area contributed by atoms with Crippen molar-refractivity contribution in [2.24, 2.45) is 5.92 Å². The smallest absolute Gasteiger partial charge is 0.131 e. The Morgan fingerprint density at radius 3 is 2.63 bits per heavy atom. The van der Waals surface area contributed by atoms with Gasteiger partial charge >= 0.3 is 0 Å². The molecule has 1 saturated carbocycles. The Hall–Kier alpha value is -1.22. The Bertz CT molecular complexity index is 406. The van der Waals surface area contributed by atoms with Crippen molar-refractivity contribution in [3.05, 3.63) is 23.8 Å². The van der Waals surface area contributed by atoms with E-state index >= 15 is 0 Å². The molecule has 0 heterocycles. The summed E-state index contributed by atoms with van der Waals surface area (Å²) >= 11 is 0. The number of methoxy groups -OCH3 is 2. The number of nitrogens with two attached hydrogens (primary N) is 1. The molecule has 1 fully saturated rings. The predicted molar refractivity (Wildman–Crippen MR) is 76.6 cm³/mol. The van der Waals surface area contributed by atoms with Gasteiger partial charge in [-0.05, 0) is 31.4 Å². The lowest BCUT2D eigenvalue weighted by Crippen LogP contribution is -2.90. The third-order valence-electron chi connectivity index (χ3n) is 4.31. The van der Waals surface area contributed by atoms with Crippen LogP contribution in [0.3, 0.4) is 0 Å². The summed E-state index contributed by atoms with van der Waals surface area (Å²) in [6, 6.07) is 6.85. The molecule has 1 aromatic rings. The molecule has 2 N–H and O–H groups in total. The van der Waals surface area contributed by atoms with E-state index in [1.54, 1.807) is 14.2 Å². The Kier molecular flexibility index (Phi) is 5.08. The van der Waals surface area contributed by atoms with E-state index in [9.17, 15) is 0 Å². The van der Waals surface area contributed by atoms with E-state index in [0.29, 0.717) is 0 Å². The van der Waals surface area contributed by atoms with Crippen LogP contribution in [-0.2, 0) is 6.54 Å². The van der Waals surface area contributed by atoms with E-state index in [2.05, 4.69) is 18.3 Å². The largest absolute Gasteiger partial charge is 0.497 e. The van der Waals surface area contributed by atoms with Crippen molar-refractivity contribution < 1.29 is 14.8 Å². The molecule has 0 amide bonds. The lowest BCUT2D eigenvalue weighted by Gasteiger charge is -2.26. The molecule has 2 atom stereocenters. The molecule has 3 heteroatoms. The molecule has 0 spiro atoms. The second-order valence-corrected chi connectivity index (χ2v) is 5.54. The zero-order valence-electron chi connectivity index (χ0n) is 12.3. The lowest BCUT2D eigenvalue weighted by atomic mass is 9.86. The minimum Gasteiger partial charge on any atom is -0.497 e. The molecule has 1 aromatic carbocycles. The maximum absolute atomic E-state index is 5.45. The number of ether oxygens (including phenoxy) is 2. The highest BCUT2D eigenvalue weighted by Crippen LogP contribution is 2.25. The van der Waals surface area contributed by atoms with Gasteiger partial charge in [-0.15, -0.1) is 0 Å². The van der Waals surface area contributed by atoms with Gasteiger partial charge in [-0.1, -0.05) is 13.3 Å². The molecule has 2 rings (SSSR count). The van der Waals surface area contributed by atoms with Crippen molar-refractivity contribution in [1.29, 1.82) is 0 Å². The van der Waals surface area contributed by atoms with Crippen LogP contribution in [0.1, 0.15) is 38.2 Å². The number of hydrogen-bond acceptors (Lipinski definition) is 2. The number of rotatable bonds is 5. The maximum Gasteiger partial charge on any atom is 0.131 e. The van der Waals surface area contributed by atoms with E-state index in [4.69, 9.17) is 9.47 Å². The average molecular weight is 264 g/mol. The Morgan fingerprint density at radius 1 is 1.16 bits per heavy atom. The van der Waals surface area contributed by atoms with Gasteiger partial charge in [0.25, 0.3) is 0 Å². The second kappa shape index (κ2) is 6.80. The third kappa shape index (κ3) is 3.63. The zero-order valence-corrected chi connectivity index (χ0v) is 12.3. The summed E-state index contributed by atoms with van der Waals surface area (Å²) in [6.45, 7) is 3.37. The van der Waals surface area contributed by atoms with Crippen molar-refractivity contribution in [3.8, 4) is 11.5 Å². The molecule has 0 saturated heterocycles. The first-order valence-electron chi connectivity index (χ1n) is 7.29. The fourth-order valence-corrected chi connectivity index (χ4v) is 2.99. The molecular formula is C16H26NO2+. The van der Waals surface area contributed by atoms with Crippen LogP contribution in [0.25, 0.3) is 0 Å². The third-order valence-corrected chi connectivity index (χ3v) is 4.31. The normalized spacial score (nSPS) is 23.1. The zero-order chi connectivity index (χ0) is 13.7. The van der Waals surface area contributed by atoms with Crippen LogP contribution in [0.15, 0.2) is 18.2 Å². The average Bonchev–Trinajstić information content (AvgIpc) is 2.46. The molecule has 1 aliphatic rings. The second-order valence-electron chi connectivity index (χ2n) is 5.54. The molecule has 0 aliphatic heterocycles. The van der Waals surface area contributed by atoms with Gasteiger partial charge in [-0.25, -0.2) is 0 Å². The number of benzene rings is 1. The molecule has 0 unspecified atom stereocenters. The monoisotopic (exact) mass is 264 g/mol. The summed E-state index contributed by atoms with van der Waals surface area (Å²) in [6.07, 6.45) is 5.50. The van der Waals surface area contributed by atoms with E-state index in [0.717, 1.165) is 30.0 Å². The van der Waals surface area contributed by atoms with Gasteiger partial charge in [-0.2, -0.15) is 0 Å². The van der Waals surface area contributed by atoms with Gasteiger partial charge in [-0.3, -0.25) is 0 Å². The number of hydrogen-bond donors (Lipinski definition) is 1. The van der Waals surface area contributed by atoms with Gasteiger partial charge in [0.2, 0.25) is 0 Å². The summed E-state index contributed by atoms with van der Waals surface area (Å²) in [4.78, 5) is 0. The summed E-state index contributed by atoms with van der Waals surface area (Å²) in [7, 11) is 3.41. The van der Waals surface area contributed by atoms with E-state index in [1.807, 2.05) is 12.1 Å². The predicted octanol–water partition coefficient (Wildman–Crippen LogP) is 2.35. The first-order chi connectivity index (χ1) is 9.24. The molecule has 1 aliphatic carbocycles. The van der Waals surface area contributed by atoms with Crippen molar-refractivity contribution >= 4 is 0 Å². The molecule has 106 valence electrons. The standard InChI is InChI=1S/C16H25NO2/c1-12-6-4-5-7-15(12)17-11-13-8-9-14(18-2)10-16(13)19-3/h8-10,12,15,17H,4-7,11H2,1-3H3/p+1/t12-,15+/m0/s1. The van der Waals surface area contributed by atoms with Gasteiger partial charge in [0.1, 0.15) is 18.0 Å². The van der Waals surface area contributed by atoms with E-state index in [-0.39, 0.29) is 0 Å². The molecule has 3 nitrogen and oxygen atoms in total. The van der Waals surface area contributed by atoms with Crippen LogP contribution in [0.4, 0.5) is 0 Å². The first-order valence-corrected chi connectivity index (χ1v) is 7.29. The molecule has 0 aromatic heterocycles. The summed E-state index contributed by atoms with van der Waals surface area (Å²) in [5.74, 6) is 2.61. The van der Waals surface area contributed by atoms with Crippen LogP contribution < -0.4 is 14.8 Å². The topological polar surface area (TPSA) is 35.1 Å². The highest BCUT2D eigenvalue weighted by molar-refractivity contribution is 5.40. The quantitative estimate of drug-likeness (QED) is 0.886. The van der Waals surface area contributed by atoms with Crippen LogP contribution in [0.2, 0.25) is 0 Å². The summed E-state index contributed by atoms with van der Waals surface area (Å²) in [5.41, 5.74) is 1.25.